The Morgan fingerprint density at radius 3 is 2.82 bits per heavy atom. The van der Waals surface area contributed by atoms with Crippen molar-refractivity contribution in [1.82, 2.24) is 4.90 Å². The summed E-state index contributed by atoms with van der Waals surface area (Å²) in [6.45, 7) is 4.33. The smallest absolute Gasteiger partial charge is 0.254 e. The third-order valence-electron chi connectivity index (χ3n) is 2.39. The number of hydrogen-bond acceptors (Lipinski definition) is 4. The third kappa shape index (κ3) is 3.74. The van der Waals surface area contributed by atoms with Crippen molar-refractivity contribution in [2.45, 2.75) is 26.3 Å². The van der Waals surface area contributed by atoms with E-state index < -0.39 is 0 Å². The quantitative estimate of drug-likeness (QED) is 0.364. The molecule has 0 aliphatic heterocycles. The van der Waals surface area contributed by atoms with Crippen LogP contribution in [0.5, 0.6) is 0 Å². The van der Waals surface area contributed by atoms with Gasteiger partial charge in [-0.25, -0.2) is 0 Å². The highest BCUT2D eigenvalue weighted by Crippen LogP contribution is 2.12. The van der Waals surface area contributed by atoms with Crippen LogP contribution in [0.2, 0.25) is 0 Å². The van der Waals surface area contributed by atoms with Gasteiger partial charge in [-0.2, -0.15) is 11.3 Å². The Bertz CT molecular complexity index is 387. The molecule has 3 N–H and O–H groups in total. The minimum Gasteiger partial charge on any atom is -0.409 e. The van der Waals surface area contributed by atoms with Gasteiger partial charge in [0.05, 0.1) is 5.56 Å². The summed E-state index contributed by atoms with van der Waals surface area (Å²) >= 11 is 1.49. The Hall–Kier alpha value is -1.56. The molecule has 0 bridgehead atoms. The molecule has 0 radical (unpaired) electrons. The predicted octanol–water partition coefficient (Wildman–Crippen LogP) is 1.74. The molecular formula is C11H17N3O2S. The fourth-order valence-electron chi connectivity index (χ4n) is 1.43. The maximum atomic E-state index is 12.1. The Labute approximate surface area is 105 Å². The number of carbonyl (C=O) groups is 1. The van der Waals surface area contributed by atoms with Crippen molar-refractivity contribution >= 4 is 23.1 Å². The summed E-state index contributed by atoms with van der Waals surface area (Å²) in [4.78, 5) is 13.8. The second kappa shape index (κ2) is 6.24. The van der Waals surface area contributed by atoms with Gasteiger partial charge in [-0.05, 0) is 25.3 Å². The van der Waals surface area contributed by atoms with Gasteiger partial charge in [0.15, 0.2) is 0 Å². The first-order valence-corrected chi connectivity index (χ1v) is 6.30. The molecule has 17 heavy (non-hydrogen) atoms. The number of amides is 1. The minimum atomic E-state index is -0.0213. The van der Waals surface area contributed by atoms with Crippen molar-refractivity contribution < 1.29 is 10.0 Å². The molecule has 1 amide bonds. The van der Waals surface area contributed by atoms with E-state index in [4.69, 9.17) is 10.9 Å². The van der Waals surface area contributed by atoms with E-state index in [-0.39, 0.29) is 17.8 Å². The summed E-state index contributed by atoms with van der Waals surface area (Å²) in [5, 5.41) is 15.1. The lowest BCUT2D eigenvalue weighted by molar-refractivity contribution is 0.0711. The van der Waals surface area contributed by atoms with E-state index in [1.165, 1.54) is 11.3 Å². The molecule has 94 valence electrons. The third-order valence-corrected chi connectivity index (χ3v) is 3.07. The fourth-order valence-corrected chi connectivity index (χ4v) is 2.06. The predicted molar refractivity (Wildman–Crippen MR) is 68.5 cm³/mol. The van der Waals surface area contributed by atoms with E-state index in [9.17, 15) is 4.79 Å². The molecule has 0 atom stereocenters. The number of oxime groups is 1. The van der Waals surface area contributed by atoms with Gasteiger partial charge in [-0.1, -0.05) is 5.16 Å². The Kier molecular flexibility index (Phi) is 4.96. The van der Waals surface area contributed by atoms with Crippen LogP contribution >= 0.6 is 11.3 Å². The molecule has 0 aromatic carbocycles. The van der Waals surface area contributed by atoms with E-state index in [0.29, 0.717) is 18.5 Å². The maximum absolute atomic E-state index is 12.1. The summed E-state index contributed by atoms with van der Waals surface area (Å²) in [6.07, 6.45) is 0.366. The van der Waals surface area contributed by atoms with Crippen molar-refractivity contribution in [3.8, 4) is 0 Å². The number of hydrogen-bond donors (Lipinski definition) is 2. The molecule has 0 saturated carbocycles. The number of rotatable bonds is 5. The molecule has 1 rings (SSSR count). The summed E-state index contributed by atoms with van der Waals surface area (Å²) in [6, 6.07) is 1.88. The van der Waals surface area contributed by atoms with Crippen LogP contribution < -0.4 is 5.73 Å². The van der Waals surface area contributed by atoms with Crippen LogP contribution in [0, 0.1) is 0 Å². The SMILES string of the molecule is CC(C)N(CCC(N)=NO)C(=O)c1ccsc1. The standard InChI is InChI=1S/C11H17N3O2S/c1-8(2)14(5-3-10(12)13-16)11(15)9-4-6-17-7-9/h4,6-8,16H,3,5H2,1-2H3,(H2,12,13). The van der Waals surface area contributed by atoms with Crippen LogP contribution in [0.15, 0.2) is 22.0 Å². The second-order valence-corrected chi connectivity index (χ2v) is 4.73. The molecule has 0 fully saturated rings. The molecule has 0 saturated heterocycles. The van der Waals surface area contributed by atoms with Crippen molar-refractivity contribution in [2.75, 3.05) is 6.54 Å². The average Bonchev–Trinajstić information content (AvgIpc) is 2.81. The van der Waals surface area contributed by atoms with E-state index >= 15 is 0 Å². The highest BCUT2D eigenvalue weighted by molar-refractivity contribution is 7.08. The van der Waals surface area contributed by atoms with Gasteiger partial charge in [-0.15, -0.1) is 0 Å². The zero-order valence-electron chi connectivity index (χ0n) is 9.96. The maximum Gasteiger partial charge on any atom is 0.254 e. The van der Waals surface area contributed by atoms with Gasteiger partial charge in [0.2, 0.25) is 0 Å². The average molecular weight is 255 g/mol. The van der Waals surface area contributed by atoms with Gasteiger partial charge < -0.3 is 15.8 Å². The first-order chi connectivity index (χ1) is 8.06. The van der Waals surface area contributed by atoms with E-state index in [2.05, 4.69) is 5.16 Å². The van der Waals surface area contributed by atoms with Gasteiger partial charge in [-0.3, -0.25) is 4.79 Å². The van der Waals surface area contributed by atoms with Gasteiger partial charge in [0.1, 0.15) is 5.84 Å². The Balaban J connectivity index is 2.70. The van der Waals surface area contributed by atoms with E-state index in [0.717, 1.165) is 0 Å². The minimum absolute atomic E-state index is 0.0213. The Morgan fingerprint density at radius 2 is 2.35 bits per heavy atom. The summed E-state index contributed by atoms with van der Waals surface area (Å²) in [5.41, 5.74) is 6.09. The summed E-state index contributed by atoms with van der Waals surface area (Å²) < 4.78 is 0. The lowest BCUT2D eigenvalue weighted by Gasteiger charge is -2.26. The molecule has 5 nitrogen and oxygen atoms in total. The van der Waals surface area contributed by atoms with Gasteiger partial charge in [0, 0.05) is 24.4 Å². The van der Waals surface area contributed by atoms with Gasteiger partial charge >= 0.3 is 0 Å². The van der Waals surface area contributed by atoms with Crippen LogP contribution in [0.1, 0.15) is 30.6 Å². The van der Waals surface area contributed by atoms with Crippen LogP contribution in [0.3, 0.4) is 0 Å². The lowest BCUT2D eigenvalue weighted by atomic mass is 10.2. The topological polar surface area (TPSA) is 78.9 Å². The molecule has 0 aliphatic rings. The highest BCUT2D eigenvalue weighted by atomic mass is 32.1. The van der Waals surface area contributed by atoms with E-state index in [1.54, 1.807) is 11.0 Å². The molecule has 0 aliphatic carbocycles. The van der Waals surface area contributed by atoms with Crippen molar-refractivity contribution in [3.05, 3.63) is 22.4 Å². The second-order valence-electron chi connectivity index (χ2n) is 3.95. The number of amidine groups is 1. The van der Waals surface area contributed by atoms with Crippen LogP contribution in [0.4, 0.5) is 0 Å². The number of nitrogens with zero attached hydrogens (tertiary/aromatic N) is 2. The molecule has 0 unspecified atom stereocenters. The molecule has 1 aromatic heterocycles. The molecule has 1 aromatic rings. The van der Waals surface area contributed by atoms with Gasteiger partial charge in [0.25, 0.3) is 5.91 Å². The first-order valence-electron chi connectivity index (χ1n) is 5.35. The number of thiophene rings is 1. The fraction of sp³-hybridized carbons (Fsp3) is 0.455. The normalized spacial score (nSPS) is 11.8. The zero-order chi connectivity index (χ0) is 12.8. The van der Waals surface area contributed by atoms with E-state index in [1.807, 2.05) is 24.6 Å². The van der Waals surface area contributed by atoms with Crippen LogP contribution in [-0.4, -0.2) is 34.4 Å². The first kappa shape index (κ1) is 13.5. The molecular weight excluding hydrogens is 238 g/mol. The molecule has 0 spiro atoms. The number of carbonyl (C=O) groups excluding carboxylic acids is 1. The Morgan fingerprint density at radius 1 is 1.65 bits per heavy atom. The largest absolute Gasteiger partial charge is 0.409 e. The summed E-state index contributed by atoms with van der Waals surface area (Å²) in [7, 11) is 0. The monoisotopic (exact) mass is 255 g/mol. The molecule has 1 heterocycles. The summed E-state index contributed by atoms with van der Waals surface area (Å²) in [5.74, 6) is 0.112. The van der Waals surface area contributed by atoms with Crippen molar-refractivity contribution in [1.29, 1.82) is 0 Å². The highest BCUT2D eigenvalue weighted by Gasteiger charge is 2.19. The van der Waals surface area contributed by atoms with Crippen molar-refractivity contribution in [2.24, 2.45) is 10.9 Å². The number of nitrogens with two attached hydrogens (primary N) is 1. The zero-order valence-corrected chi connectivity index (χ0v) is 10.8. The van der Waals surface area contributed by atoms with Crippen LogP contribution in [-0.2, 0) is 0 Å². The van der Waals surface area contributed by atoms with Crippen molar-refractivity contribution in [3.63, 3.8) is 0 Å². The van der Waals surface area contributed by atoms with Crippen LogP contribution in [0.25, 0.3) is 0 Å². The lowest BCUT2D eigenvalue weighted by Crippen LogP contribution is -2.39. The molecule has 6 heteroatoms.